The van der Waals surface area contributed by atoms with E-state index in [4.69, 9.17) is 0 Å². The number of aromatic nitrogens is 1. The first kappa shape index (κ1) is 12.2. The molecule has 86 valence electrons. The van der Waals surface area contributed by atoms with E-state index in [1.807, 2.05) is 6.92 Å². The Kier molecular flexibility index (Phi) is 4.13. The number of nitrogens with zero attached hydrogens (tertiary/aromatic N) is 2. The van der Waals surface area contributed by atoms with Gasteiger partial charge in [-0.15, -0.1) is 22.7 Å². The van der Waals surface area contributed by atoms with E-state index in [2.05, 4.69) is 50.4 Å². The second-order valence-corrected chi connectivity index (χ2v) is 7.35. The molecule has 0 N–H and O–H groups in total. The first-order valence-electron chi connectivity index (χ1n) is 4.97. The monoisotopic (exact) mass is 316 g/mol. The molecule has 2 aromatic rings. The normalized spacial score (nSPS) is 11.2. The maximum absolute atomic E-state index is 4.47. The van der Waals surface area contributed by atoms with Gasteiger partial charge in [0.1, 0.15) is 0 Å². The molecule has 0 aromatic carbocycles. The topological polar surface area (TPSA) is 16.1 Å². The van der Waals surface area contributed by atoms with Crippen LogP contribution in [-0.2, 0) is 13.1 Å². The van der Waals surface area contributed by atoms with Crippen LogP contribution in [0.3, 0.4) is 0 Å². The lowest BCUT2D eigenvalue weighted by molar-refractivity contribution is 0.318. The summed E-state index contributed by atoms with van der Waals surface area (Å²) in [4.78, 5) is 8.13. The van der Waals surface area contributed by atoms with Crippen molar-refractivity contribution in [1.29, 1.82) is 0 Å². The predicted octanol–water partition coefficient (Wildman–Crippen LogP) is 3.91. The smallest absolute Gasteiger partial charge is 0.0897 e. The third-order valence-electron chi connectivity index (χ3n) is 2.15. The molecule has 5 heteroatoms. The Labute approximate surface area is 112 Å². The van der Waals surface area contributed by atoms with Gasteiger partial charge >= 0.3 is 0 Å². The number of hydrogen-bond donors (Lipinski definition) is 0. The predicted molar refractivity (Wildman–Crippen MR) is 74.0 cm³/mol. The summed E-state index contributed by atoms with van der Waals surface area (Å²) in [6, 6.07) is 4.26. The Bertz CT molecular complexity index is 422. The summed E-state index contributed by atoms with van der Waals surface area (Å²) >= 11 is 6.98. The van der Waals surface area contributed by atoms with Crippen molar-refractivity contribution in [3.8, 4) is 0 Å². The van der Waals surface area contributed by atoms with Gasteiger partial charge < -0.3 is 0 Å². The summed E-state index contributed by atoms with van der Waals surface area (Å²) in [5.41, 5.74) is 1.17. The summed E-state index contributed by atoms with van der Waals surface area (Å²) in [6.45, 7) is 3.94. The lowest BCUT2D eigenvalue weighted by Crippen LogP contribution is -2.16. The minimum absolute atomic E-state index is 0.917. The van der Waals surface area contributed by atoms with Crippen molar-refractivity contribution in [1.82, 2.24) is 9.88 Å². The van der Waals surface area contributed by atoms with Gasteiger partial charge in [-0.2, -0.15) is 0 Å². The largest absolute Gasteiger partial charge is 0.295 e. The molecular weight excluding hydrogens is 304 g/mol. The molecule has 0 bridgehead atoms. The molecule has 0 fully saturated rings. The third-order valence-corrected chi connectivity index (χ3v) is 4.58. The van der Waals surface area contributed by atoms with Crippen LogP contribution in [0, 0.1) is 6.92 Å². The molecule has 0 aliphatic rings. The van der Waals surface area contributed by atoms with E-state index in [0.717, 1.165) is 18.1 Å². The van der Waals surface area contributed by atoms with Gasteiger partial charge in [0.15, 0.2) is 0 Å². The van der Waals surface area contributed by atoms with Crippen LogP contribution < -0.4 is 0 Å². The highest BCUT2D eigenvalue weighted by atomic mass is 79.9. The maximum atomic E-state index is 4.47. The van der Waals surface area contributed by atoms with Crippen LogP contribution in [-0.4, -0.2) is 16.9 Å². The van der Waals surface area contributed by atoms with Crippen molar-refractivity contribution in [3.05, 3.63) is 36.9 Å². The molecule has 0 saturated carbocycles. The standard InChI is InChI=1S/C11H13BrN2S2/c1-8-13-9(7-15-8)5-14(2)6-10-3-4-11(12)16-10/h3-4,7H,5-6H2,1-2H3. The third kappa shape index (κ3) is 3.38. The highest BCUT2D eigenvalue weighted by molar-refractivity contribution is 9.11. The fourth-order valence-electron chi connectivity index (χ4n) is 1.52. The van der Waals surface area contributed by atoms with Crippen molar-refractivity contribution in [2.24, 2.45) is 0 Å². The molecule has 0 spiro atoms. The van der Waals surface area contributed by atoms with E-state index in [0.29, 0.717) is 0 Å². The average Bonchev–Trinajstić information content (AvgIpc) is 2.76. The van der Waals surface area contributed by atoms with E-state index in [-0.39, 0.29) is 0 Å². The second kappa shape index (κ2) is 5.40. The number of thiophene rings is 1. The molecule has 2 aromatic heterocycles. The van der Waals surface area contributed by atoms with Crippen LogP contribution >= 0.6 is 38.6 Å². The Morgan fingerprint density at radius 2 is 2.19 bits per heavy atom. The molecule has 0 unspecified atom stereocenters. The molecule has 0 atom stereocenters. The molecule has 16 heavy (non-hydrogen) atoms. The first-order valence-corrected chi connectivity index (χ1v) is 7.46. The molecule has 2 nitrogen and oxygen atoms in total. The van der Waals surface area contributed by atoms with Crippen LogP contribution in [0.5, 0.6) is 0 Å². The average molecular weight is 317 g/mol. The van der Waals surface area contributed by atoms with Gasteiger partial charge in [0, 0.05) is 23.3 Å². The summed E-state index contributed by atoms with van der Waals surface area (Å²) in [5.74, 6) is 0. The van der Waals surface area contributed by atoms with Crippen molar-refractivity contribution in [3.63, 3.8) is 0 Å². The van der Waals surface area contributed by atoms with Crippen LogP contribution in [0.25, 0.3) is 0 Å². The number of halogens is 1. The number of thiazole rings is 1. The minimum atomic E-state index is 0.917. The number of rotatable bonds is 4. The van der Waals surface area contributed by atoms with Gasteiger partial charge in [-0.3, -0.25) is 4.90 Å². The molecule has 2 rings (SSSR count). The molecule has 0 aliphatic heterocycles. The van der Waals surface area contributed by atoms with E-state index >= 15 is 0 Å². The van der Waals surface area contributed by atoms with Gasteiger partial charge in [-0.05, 0) is 42.0 Å². The summed E-state index contributed by atoms with van der Waals surface area (Å²) in [5, 5.41) is 3.28. The zero-order valence-corrected chi connectivity index (χ0v) is 12.5. The summed E-state index contributed by atoms with van der Waals surface area (Å²) in [7, 11) is 2.13. The summed E-state index contributed by atoms with van der Waals surface area (Å²) < 4.78 is 1.19. The summed E-state index contributed by atoms with van der Waals surface area (Å²) in [6.07, 6.45) is 0. The first-order chi connectivity index (χ1) is 7.63. The Morgan fingerprint density at radius 3 is 2.75 bits per heavy atom. The van der Waals surface area contributed by atoms with Crippen molar-refractivity contribution in [2.75, 3.05) is 7.05 Å². The van der Waals surface area contributed by atoms with Gasteiger partial charge in [0.2, 0.25) is 0 Å². The van der Waals surface area contributed by atoms with E-state index in [1.165, 1.54) is 14.4 Å². The second-order valence-electron chi connectivity index (χ2n) is 3.74. The molecule has 0 aliphatic carbocycles. The van der Waals surface area contributed by atoms with Crippen LogP contribution in [0.2, 0.25) is 0 Å². The highest BCUT2D eigenvalue weighted by Gasteiger charge is 2.05. The highest BCUT2D eigenvalue weighted by Crippen LogP contribution is 2.23. The zero-order chi connectivity index (χ0) is 11.5. The Hall–Kier alpha value is -0.230. The van der Waals surface area contributed by atoms with E-state index in [1.54, 1.807) is 22.7 Å². The Balaban J connectivity index is 1.91. The van der Waals surface area contributed by atoms with Gasteiger partial charge in [-0.25, -0.2) is 4.98 Å². The van der Waals surface area contributed by atoms with Crippen molar-refractivity contribution in [2.45, 2.75) is 20.0 Å². The maximum Gasteiger partial charge on any atom is 0.0897 e. The quantitative estimate of drug-likeness (QED) is 0.850. The molecule has 0 amide bonds. The minimum Gasteiger partial charge on any atom is -0.295 e. The van der Waals surface area contributed by atoms with Gasteiger partial charge in [0.25, 0.3) is 0 Å². The molecule has 0 radical (unpaired) electrons. The van der Waals surface area contributed by atoms with E-state index < -0.39 is 0 Å². The fraction of sp³-hybridized carbons (Fsp3) is 0.364. The van der Waals surface area contributed by atoms with Gasteiger partial charge in [0.05, 0.1) is 14.5 Å². The van der Waals surface area contributed by atoms with Crippen molar-refractivity contribution >= 4 is 38.6 Å². The molecule has 0 saturated heterocycles. The molecule has 2 heterocycles. The van der Waals surface area contributed by atoms with Crippen LogP contribution in [0.15, 0.2) is 21.3 Å². The van der Waals surface area contributed by atoms with Crippen molar-refractivity contribution < 1.29 is 0 Å². The SMILES string of the molecule is Cc1nc(CN(C)Cc2ccc(Br)s2)cs1. The number of aryl methyl sites for hydroxylation is 1. The number of hydrogen-bond acceptors (Lipinski definition) is 4. The molecular formula is C11H13BrN2S2. The fourth-order valence-corrected chi connectivity index (χ4v) is 3.68. The van der Waals surface area contributed by atoms with Crippen LogP contribution in [0.1, 0.15) is 15.6 Å². The lowest BCUT2D eigenvalue weighted by atomic mass is 10.4. The van der Waals surface area contributed by atoms with Crippen LogP contribution in [0.4, 0.5) is 0 Å². The lowest BCUT2D eigenvalue weighted by Gasteiger charge is -2.13. The van der Waals surface area contributed by atoms with E-state index in [9.17, 15) is 0 Å². The van der Waals surface area contributed by atoms with Gasteiger partial charge in [-0.1, -0.05) is 0 Å². The Morgan fingerprint density at radius 1 is 1.38 bits per heavy atom. The zero-order valence-electron chi connectivity index (χ0n) is 9.24.